The van der Waals surface area contributed by atoms with Gasteiger partial charge in [0.05, 0.1) is 11.9 Å². The van der Waals surface area contributed by atoms with Crippen LogP contribution in [0.15, 0.2) is 30.9 Å². The van der Waals surface area contributed by atoms with E-state index in [1.54, 1.807) is 0 Å². The van der Waals surface area contributed by atoms with Crippen LogP contribution < -0.4 is 5.32 Å². The van der Waals surface area contributed by atoms with E-state index in [2.05, 4.69) is 32.1 Å². The Morgan fingerprint density at radius 3 is 2.84 bits per heavy atom. The van der Waals surface area contributed by atoms with Crippen LogP contribution in [0.1, 0.15) is 43.7 Å². The van der Waals surface area contributed by atoms with Gasteiger partial charge in [-0.15, -0.1) is 0 Å². The quantitative estimate of drug-likeness (QED) is 0.907. The first-order chi connectivity index (χ1) is 9.33. The highest BCUT2D eigenvalue weighted by Gasteiger charge is 2.17. The molecule has 1 fully saturated rings. The SMILES string of the molecule is Cc1cncc(Nc2nccn2C2CCCCC2)c1. The number of rotatable bonds is 3. The molecule has 1 N–H and O–H groups in total. The van der Waals surface area contributed by atoms with Gasteiger partial charge < -0.3 is 9.88 Å². The Bertz CT molecular complexity index is 541. The van der Waals surface area contributed by atoms with Crippen LogP contribution in [-0.2, 0) is 0 Å². The fourth-order valence-electron chi connectivity index (χ4n) is 2.82. The van der Waals surface area contributed by atoms with Crippen molar-refractivity contribution in [2.75, 3.05) is 5.32 Å². The zero-order valence-corrected chi connectivity index (χ0v) is 11.3. The molecule has 0 aliphatic heterocycles. The van der Waals surface area contributed by atoms with Gasteiger partial charge in [0.15, 0.2) is 0 Å². The lowest BCUT2D eigenvalue weighted by atomic mass is 9.95. The van der Waals surface area contributed by atoms with Gasteiger partial charge in [0.25, 0.3) is 0 Å². The summed E-state index contributed by atoms with van der Waals surface area (Å²) in [5, 5.41) is 3.38. The predicted octanol–water partition coefficient (Wildman–Crippen LogP) is 3.84. The molecule has 1 aliphatic carbocycles. The highest BCUT2D eigenvalue weighted by Crippen LogP contribution is 2.30. The molecular weight excluding hydrogens is 236 g/mol. The fourth-order valence-corrected chi connectivity index (χ4v) is 2.82. The molecule has 2 heterocycles. The third-order valence-corrected chi connectivity index (χ3v) is 3.77. The van der Waals surface area contributed by atoms with Gasteiger partial charge in [0.2, 0.25) is 5.95 Å². The van der Waals surface area contributed by atoms with Crippen LogP contribution in [0.5, 0.6) is 0 Å². The highest BCUT2D eigenvalue weighted by atomic mass is 15.2. The molecule has 0 unspecified atom stereocenters. The molecule has 2 aromatic rings. The Labute approximate surface area is 113 Å². The van der Waals surface area contributed by atoms with Gasteiger partial charge in [0, 0.05) is 24.6 Å². The van der Waals surface area contributed by atoms with Crippen molar-refractivity contribution in [2.45, 2.75) is 45.1 Å². The number of aromatic nitrogens is 3. The Morgan fingerprint density at radius 1 is 1.21 bits per heavy atom. The summed E-state index contributed by atoms with van der Waals surface area (Å²) < 4.78 is 2.28. The second-order valence-corrected chi connectivity index (χ2v) is 5.33. The molecule has 4 nitrogen and oxygen atoms in total. The van der Waals surface area contributed by atoms with Crippen LogP contribution >= 0.6 is 0 Å². The summed E-state index contributed by atoms with van der Waals surface area (Å²) in [6.45, 7) is 2.05. The maximum absolute atomic E-state index is 4.44. The maximum Gasteiger partial charge on any atom is 0.207 e. The zero-order chi connectivity index (χ0) is 13.1. The molecule has 100 valence electrons. The molecule has 2 aromatic heterocycles. The number of nitrogens with one attached hydrogen (secondary N) is 1. The lowest BCUT2D eigenvalue weighted by Gasteiger charge is -2.24. The van der Waals surface area contributed by atoms with Crippen LogP contribution in [0.4, 0.5) is 11.6 Å². The minimum atomic E-state index is 0.594. The van der Waals surface area contributed by atoms with Crippen molar-refractivity contribution in [1.29, 1.82) is 0 Å². The molecule has 0 spiro atoms. The third kappa shape index (κ3) is 2.78. The minimum Gasteiger partial charge on any atom is -0.324 e. The molecule has 3 rings (SSSR count). The van der Waals surface area contributed by atoms with Crippen molar-refractivity contribution >= 4 is 11.6 Å². The van der Waals surface area contributed by atoms with Crippen LogP contribution in [0.2, 0.25) is 0 Å². The largest absolute Gasteiger partial charge is 0.324 e. The van der Waals surface area contributed by atoms with E-state index < -0.39 is 0 Å². The van der Waals surface area contributed by atoms with E-state index in [0.717, 1.165) is 17.2 Å². The number of hydrogen-bond acceptors (Lipinski definition) is 3. The second-order valence-electron chi connectivity index (χ2n) is 5.33. The molecule has 4 heteroatoms. The number of pyridine rings is 1. The van der Waals surface area contributed by atoms with E-state index >= 15 is 0 Å². The van der Waals surface area contributed by atoms with E-state index in [0.29, 0.717) is 6.04 Å². The first kappa shape index (κ1) is 12.2. The van der Waals surface area contributed by atoms with Gasteiger partial charge in [-0.25, -0.2) is 4.98 Å². The Balaban J connectivity index is 1.80. The van der Waals surface area contributed by atoms with Crippen LogP contribution in [0.3, 0.4) is 0 Å². The average Bonchev–Trinajstić information content (AvgIpc) is 2.88. The maximum atomic E-state index is 4.44. The summed E-state index contributed by atoms with van der Waals surface area (Å²) in [6.07, 6.45) is 14.2. The van der Waals surface area contributed by atoms with Crippen LogP contribution in [0.25, 0.3) is 0 Å². The fraction of sp³-hybridized carbons (Fsp3) is 0.467. The number of hydrogen-bond donors (Lipinski definition) is 1. The van der Waals surface area contributed by atoms with E-state index in [1.165, 1.54) is 32.1 Å². The first-order valence-corrected chi connectivity index (χ1v) is 7.04. The first-order valence-electron chi connectivity index (χ1n) is 7.04. The second kappa shape index (κ2) is 5.43. The molecule has 0 amide bonds. The third-order valence-electron chi connectivity index (χ3n) is 3.77. The van der Waals surface area contributed by atoms with Crippen molar-refractivity contribution in [3.05, 3.63) is 36.4 Å². The van der Waals surface area contributed by atoms with Gasteiger partial charge >= 0.3 is 0 Å². The molecule has 0 atom stereocenters. The molecule has 0 aromatic carbocycles. The van der Waals surface area contributed by atoms with Gasteiger partial charge in [-0.3, -0.25) is 4.98 Å². The average molecular weight is 256 g/mol. The Hall–Kier alpha value is -1.84. The highest BCUT2D eigenvalue weighted by molar-refractivity contribution is 5.53. The molecule has 0 saturated heterocycles. The normalized spacial score (nSPS) is 16.5. The number of aryl methyl sites for hydroxylation is 1. The standard InChI is InChI=1S/C15H20N4/c1-12-9-13(11-16-10-12)18-15-17-7-8-19(15)14-5-3-2-4-6-14/h7-11,14H,2-6H2,1H3,(H,17,18). The number of anilines is 2. The summed E-state index contributed by atoms with van der Waals surface area (Å²) >= 11 is 0. The lowest BCUT2D eigenvalue weighted by molar-refractivity contribution is 0.356. The Kier molecular flexibility index (Phi) is 3.49. The van der Waals surface area contributed by atoms with Crippen LogP contribution in [0, 0.1) is 6.92 Å². The van der Waals surface area contributed by atoms with E-state index in [4.69, 9.17) is 0 Å². The topological polar surface area (TPSA) is 42.7 Å². The van der Waals surface area contributed by atoms with Crippen LogP contribution in [-0.4, -0.2) is 14.5 Å². The number of imidazole rings is 1. The summed E-state index contributed by atoms with van der Waals surface area (Å²) in [4.78, 5) is 8.65. The minimum absolute atomic E-state index is 0.594. The summed E-state index contributed by atoms with van der Waals surface area (Å²) in [5.41, 5.74) is 2.16. The lowest BCUT2D eigenvalue weighted by Crippen LogP contribution is -2.14. The van der Waals surface area contributed by atoms with Gasteiger partial charge in [0.1, 0.15) is 0 Å². The summed E-state index contributed by atoms with van der Waals surface area (Å²) in [7, 11) is 0. The Morgan fingerprint density at radius 2 is 2.05 bits per heavy atom. The molecule has 1 aliphatic rings. The summed E-state index contributed by atoms with van der Waals surface area (Å²) in [5.74, 6) is 0.930. The van der Waals surface area contributed by atoms with Crippen molar-refractivity contribution in [3.63, 3.8) is 0 Å². The monoisotopic (exact) mass is 256 g/mol. The van der Waals surface area contributed by atoms with E-state index in [-0.39, 0.29) is 0 Å². The van der Waals surface area contributed by atoms with Gasteiger partial charge in [-0.1, -0.05) is 19.3 Å². The zero-order valence-electron chi connectivity index (χ0n) is 11.3. The van der Waals surface area contributed by atoms with Crippen molar-refractivity contribution in [3.8, 4) is 0 Å². The molecular formula is C15H20N4. The van der Waals surface area contributed by atoms with Crippen molar-refractivity contribution in [1.82, 2.24) is 14.5 Å². The van der Waals surface area contributed by atoms with Gasteiger partial charge in [-0.05, 0) is 31.4 Å². The molecule has 0 bridgehead atoms. The smallest absolute Gasteiger partial charge is 0.207 e. The predicted molar refractivity (Wildman–Crippen MR) is 76.6 cm³/mol. The van der Waals surface area contributed by atoms with Crippen molar-refractivity contribution < 1.29 is 0 Å². The molecule has 0 radical (unpaired) electrons. The number of nitrogens with zero attached hydrogens (tertiary/aromatic N) is 3. The van der Waals surface area contributed by atoms with E-state index in [9.17, 15) is 0 Å². The molecule has 1 saturated carbocycles. The molecule has 19 heavy (non-hydrogen) atoms. The van der Waals surface area contributed by atoms with Crippen molar-refractivity contribution in [2.24, 2.45) is 0 Å². The van der Waals surface area contributed by atoms with E-state index in [1.807, 2.05) is 25.5 Å². The summed E-state index contributed by atoms with van der Waals surface area (Å²) in [6, 6.07) is 2.68. The van der Waals surface area contributed by atoms with Gasteiger partial charge in [-0.2, -0.15) is 0 Å².